The molecule has 0 heterocycles. The van der Waals surface area contributed by atoms with Gasteiger partial charge in [0, 0.05) is 16.1 Å². The van der Waals surface area contributed by atoms with Crippen molar-refractivity contribution in [1.82, 2.24) is 4.90 Å². The highest BCUT2D eigenvalue weighted by atomic mass is 79.9. The highest BCUT2D eigenvalue weighted by Crippen LogP contribution is 2.28. The van der Waals surface area contributed by atoms with Crippen LogP contribution in [0.1, 0.15) is 17.9 Å². The molecule has 1 aromatic carbocycles. The Morgan fingerprint density at radius 3 is 2.69 bits per heavy atom. The molecule has 1 aromatic rings. The highest BCUT2D eigenvalue weighted by molar-refractivity contribution is 9.10. The van der Waals surface area contributed by atoms with Crippen molar-refractivity contribution in [2.75, 3.05) is 33.0 Å². The van der Waals surface area contributed by atoms with E-state index in [1.54, 1.807) is 0 Å². The van der Waals surface area contributed by atoms with E-state index in [1.165, 1.54) is 0 Å². The van der Waals surface area contributed by atoms with E-state index in [1.807, 2.05) is 32.3 Å². The molecule has 16 heavy (non-hydrogen) atoms. The minimum absolute atomic E-state index is 0.111. The quantitative estimate of drug-likeness (QED) is 0.815. The molecule has 1 atom stereocenters. The predicted molar refractivity (Wildman–Crippen MR) is 71.6 cm³/mol. The second-order valence-corrected chi connectivity index (χ2v) is 5.16. The van der Waals surface area contributed by atoms with Crippen molar-refractivity contribution in [2.24, 2.45) is 0 Å². The standard InChI is InChI=1S/C12H19BrN2O/c1-15(2)6-5-9(8-16)11-7-10(13)3-4-12(11)14/h3-4,7,9,16H,5-6,8,14H2,1-2H3. The fourth-order valence-corrected chi connectivity index (χ4v) is 2.04. The molecule has 0 spiro atoms. The molecule has 0 amide bonds. The van der Waals surface area contributed by atoms with Crippen LogP contribution in [0, 0.1) is 0 Å². The van der Waals surface area contributed by atoms with Gasteiger partial charge in [0.05, 0.1) is 6.61 Å². The van der Waals surface area contributed by atoms with E-state index in [0.29, 0.717) is 0 Å². The van der Waals surface area contributed by atoms with Gasteiger partial charge in [-0.2, -0.15) is 0 Å². The topological polar surface area (TPSA) is 49.5 Å². The number of nitrogens with zero attached hydrogens (tertiary/aromatic N) is 1. The van der Waals surface area contributed by atoms with Crippen LogP contribution in [0.2, 0.25) is 0 Å². The fourth-order valence-electron chi connectivity index (χ4n) is 1.66. The van der Waals surface area contributed by atoms with Crippen molar-refractivity contribution in [3.8, 4) is 0 Å². The Kier molecular flexibility index (Phi) is 5.25. The summed E-state index contributed by atoms with van der Waals surface area (Å²) in [5.74, 6) is 0.111. The summed E-state index contributed by atoms with van der Waals surface area (Å²) in [5, 5.41) is 9.42. The SMILES string of the molecule is CN(C)CCC(CO)c1cc(Br)ccc1N. The Morgan fingerprint density at radius 2 is 2.12 bits per heavy atom. The predicted octanol–water partition coefficient (Wildman–Crippen LogP) is 2.06. The maximum absolute atomic E-state index is 9.42. The summed E-state index contributed by atoms with van der Waals surface area (Å²) in [6.45, 7) is 1.08. The zero-order valence-electron chi connectivity index (χ0n) is 9.78. The van der Waals surface area contributed by atoms with Gasteiger partial charge in [0.15, 0.2) is 0 Å². The summed E-state index contributed by atoms with van der Waals surface area (Å²) in [7, 11) is 4.05. The first-order valence-electron chi connectivity index (χ1n) is 5.35. The lowest BCUT2D eigenvalue weighted by Crippen LogP contribution is -2.18. The van der Waals surface area contributed by atoms with Crippen molar-refractivity contribution in [3.05, 3.63) is 28.2 Å². The molecule has 0 radical (unpaired) electrons. The Labute approximate surface area is 105 Å². The number of hydrogen-bond donors (Lipinski definition) is 2. The van der Waals surface area contributed by atoms with Gasteiger partial charge in [0.25, 0.3) is 0 Å². The molecule has 0 aliphatic rings. The van der Waals surface area contributed by atoms with E-state index in [-0.39, 0.29) is 12.5 Å². The fraction of sp³-hybridized carbons (Fsp3) is 0.500. The number of rotatable bonds is 5. The van der Waals surface area contributed by atoms with Crippen molar-refractivity contribution in [1.29, 1.82) is 0 Å². The second-order valence-electron chi connectivity index (χ2n) is 4.24. The van der Waals surface area contributed by atoms with Crippen molar-refractivity contribution in [3.63, 3.8) is 0 Å². The van der Waals surface area contributed by atoms with Crippen LogP contribution in [0.3, 0.4) is 0 Å². The summed E-state index contributed by atoms with van der Waals surface area (Å²) < 4.78 is 1.00. The molecule has 0 bridgehead atoms. The Bertz CT molecular complexity index is 342. The maximum atomic E-state index is 9.42. The monoisotopic (exact) mass is 286 g/mol. The number of benzene rings is 1. The molecule has 0 aliphatic carbocycles. The smallest absolute Gasteiger partial charge is 0.0501 e. The maximum Gasteiger partial charge on any atom is 0.0501 e. The molecule has 1 rings (SSSR count). The zero-order chi connectivity index (χ0) is 12.1. The lowest BCUT2D eigenvalue weighted by atomic mass is 9.95. The first-order chi connectivity index (χ1) is 7.54. The van der Waals surface area contributed by atoms with E-state index >= 15 is 0 Å². The van der Waals surface area contributed by atoms with E-state index in [9.17, 15) is 5.11 Å². The molecule has 4 heteroatoms. The van der Waals surface area contributed by atoms with Crippen LogP contribution in [0.5, 0.6) is 0 Å². The average Bonchev–Trinajstić information content (AvgIpc) is 2.23. The zero-order valence-corrected chi connectivity index (χ0v) is 11.4. The van der Waals surface area contributed by atoms with Crippen LogP contribution in [-0.4, -0.2) is 37.3 Å². The molecule has 1 unspecified atom stereocenters. The minimum Gasteiger partial charge on any atom is -0.398 e. The van der Waals surface area contributed by atoms with Crippen molar-refractivity contribution < 1.29 is 5.11 Å². The largest absolute Gasteiger partial charge is 0.398 e. The third kappa shape index (κ3) is 3.77. The van der Waals surface area contributed by atoms with Gasteiger partial charge >= 0.3 is 0 Å². The molecular weight excluding hydrogens is 268 g/mol. The molecule has 3 nitrogen and oxygen atoms in total. The van der Waals surface area contributed by atoms with Gasteiger partial charge in [-0.15, -0.1) is 0 Å². The van der Waals surface area contributed by atoms with Gasteiger partial charge < -0.3 is 15.7 Å². The van der Waals surface area contributed by atoms with Gasteiger partial charge in [-0.3, -0.25) is 0 Å². The molecule has 0 aromatic heterocycles. The second kappa shape index (κ2) is 6.23. The third-order valence-electron chi connectivity index (χ3n) is 2.63. The van der Waals surface area contributed by atoms with E-state index in [2.05, 4.69) is 20.8 Å². The molecule has 3 N–H and O–H groups in total. The molecule has 0 saturated heterocycles. The van der Waals surface area contributed by atoms with Crippen LogP contribution >= 0.6 is 15.9 Å². The summed E-state index contributed by atoms with van der Waals surface area (Å²) in [6.07, 6.45) is 0.907. The van der Waals surface area contributed by atoms with Crippen molar-refractivity contribution >= 4 is 21.6 Å². The number of aliphatic hydroxyl groups is 1. The summed E-state index contributed by atoms with van der Waals surface area (Å²) in [5.41, 5.74) is 7.70. The molecule has 0 saturated carbocycles. The van der Waals surface area contributed by atoms with E-state index in [0.717, 1.165) is 28.7 Å². The summed E-state index contributed by atoms with van der Waals surface area (Å²) >= 11 is 3.43. The Hall–Kier alpha value is -0.580. The third-order valence-corrected chi connectivity index (χ3v) is 3.13. The average molecular weight is 287 g/mol. The van der Waals surface area contributed by atoms with E-state index in [4.69, 9.17) is 5.73 Å². The van der Waals surface area contributed by atoms with E-state index < -0.39 is 0 Å². The molecular formula is C12H19BrN2O. The lowest BCUT2D eigenvalue weighted by Gasteiger charge is -2.19. The van der Waals surface area contributed by atoms with Gasteiger partial charge in [-0.1, -0.05) is 15.9 Å². The molecule has 90 valence electrons. The number of halogens is 1. The number of nitrogen functional groups attached to an aromatic ring is 1. The Balaban J connectivity index is 2.81. The van der Waals surface area contributed by atoms with Crippen molar-refractivity contribution in [2.45, 2.75) is 12.3 Å². The van der Waals surface area contributed by atoms with Crippen LogP contribution in [-0.2, 0) is 0 Å². The van der Waals surface area contributed by atoms with Crippen LogP contribution in [0.25, 0.3) is 0 Å². The van der Waals surface area contributed by atoms with Gasteiger partial charge in [0.1, 0.15) is 0 Å². The van der Waals surface area contributed by atoms with Gasteiger partial charge in [0.2, 0.25) is 0 Å². The number of aliphatic hydroxyl groups excluding tert-OH is 1. The van der Waals surface area contributed by atoms with Gasteiger partial charge in [-0.25, -0.2) is 0 Å². The summed E-state index contributed by atoms with van der Waals surface area (Å²) in [6, 6.07) is 5.78. The highest BCUT2D eigenvalue weighted by Gasteiger charge is 2.14. The first-order valence-corrected chi connectivity index (χ1v) is 6.14. The number of nitrogens with two attached hydrogens (primary N) is 1. The minimum atomic E-state index is 0.111. The first kappa shape index (κ1) is 13.5. The molecule has 0 fully saturated rings. The molecule has 0 aliphatic heterocycles. The van der Waals surface area contributed by atoms with Gasteiger partial charge in [-0.05, 0) is 50.8 Å². The number of hydrogen-bond acceptors (Lipinski definition) is 3. The van der Waals surface area contributed by atoms with Crippen LogP contribution < -0.4 is 5.73 Å². The number of anilines is 1. The van der Waals surface area contributed by atoms with Crippen LogP contribution in [0.4, 0.5) is 5.69 Å². The lowest BCUT2D eigenvalue weighted by molar-refractivity contribution is 0.247. The van der Waals surface area contributed by atoms with Crippen LogP contribution in [0.15, 0.2) is 22.7 Å². The normalized spacial score (nSPS) is 13.1. The Morgan fingerprint density at radius 1 is 1.44 bits per heavy atom. The summed E-state index contributed by atoms with van der Waals surface area (Å²) in [4.78, 5) is 2.11.